The van der Waals surface area contributed by atoms with E-state index in [1.54, 1.807) is 24.8 Å². The molecule has 4 aromatic carbocycles. The number of anilines is 3. The minimum Gasteiger partial charge on any atom is -0.444 e. The number of nitrogens with zero attached hydrogens (tertiary/aromatic N) is 6. The van der Waals surface area contributed by atoms with Gasteiger partial charge < -0.3 is 41.6 Å². The van der Waals surface area contributed by atoms with Crippen LogP contribution in [-0.2, 0) is 29.4 Å². The monoisotopic (exact) mass is 1200 g/mol. The number of nitrogen functional groups attached to an aromatic ring is 1. The summed E-state index contributed by atoms with van der Waals surface area (Å²) in [6, 6.07) is 35.1. The number of nitrogens with two attached hydrogens (primary N) is 2. The Morgan fingerprint density at radius 2 is 1.04 bits per heavy atom. The highest BCUT2D eigenvalue weighted by Gasteiger charge is 2.36. The van der Waals surface area contributed by atoms with Crippen LogP contribution in [0.4, 0.5) is 22.4 Å². The molecule has 0 spiro atoms. The summed E-state index contributed by atoms with van der Waals surface area (Å²) in [6.07, 6.45) is 17.0. The zero-order valence-electron chi connectivity index (χ0n) is 47.2. The largest absolute Gasteiger partial charge is 0.444 e. The lowest BCUT2D eigenvalue weighted by Crippen LogP contribution is -2.42. The van der Waals surface area contributed by atoms with Crippen LogP contribution in [0.3, 0.4) is 0 Å². The molecule has 84 heavy (non-hydrogen) atoms. The van der Waals surface area contributed by atoms with Gasteiger partial charge in [0, 0.05) is 81.5 Å². The van der Waals surface area contributed by atoms with Crippen LogP contribution in [0.5, 0.6) is 23.3 Å². The van der Waals surface area contributed by atoms with Gasteiger partial charge in [-0.25, -0.2) is 51.5 Å². The Hall–Kier alpha value is -7.72. The molecule has 4 aliphatic carbocycles. The van der Waals surface area contributed by atoms with E-state index in [0.717, 1.165) is 115 Å². The van der Waals surface area contributed by atoms with E-state index in [4.69, 9.17) is 46.3 Å². The normalized spacial score (nSPS) is 18.9. The van der Waals surface area contributed by atoms with E-state index in [1.165, 1.54) is 0 Å². The fourth-order valence-electron chi connectivity index (χ4n) is 10.2. The van der Waals surface area contributed by atoms with Crippen molar-refractivity contribution in [2.45, 2.75) is 144 Å². The number of aromatic nitrogens is 6. The molecule has 8 aromatic rings. The number of halogens is 1. The standard InChI is InChI=1S/C30H34N6O3.C29H31N5O3S.C3H5ClO2S/c1-30(2,3)39-29(37)35-20-12-10-19(11-13-20)34-28-33-18-16-25(36-28)23-9-6-17-32-27(23)38-26-15-14-24(31)21-7-4-5-8-22(21)26;30-20-8-10-21(11-9-20)33-29-32-17-15-26(34-29)25-6-3-16-31-28(25)37-27-14-7-19(18-38(35,36)22-12-13-22)23-4-1-2-5-24(23)27;4-7(5,6)3-1-2-3/h4-9,14-20H,10-13,31H2,1-3H3,(H,35,37)(H,33,34,36);1-7,14-17,20-22H,8-13,18,30H2,(H,32,33,34);3H,1-2H2. The maximum absolute atomic E-state index is 12.7. The third kappa shape index (κ3) is 15.9. The molecule has 7 N–H and O–H groups in total. The molecule has 19 nitrogen and oxygen atoms in total. The summed E-state index contributed by atoms with van der Waals surface area (Å²) in [5.41, 5.74) is 16.1. The minimum absolute atomic E-state index is 0.0386. The molecule has 4 aromatic heterocycles. The Labute approximate surface area is 494 Å². The molecule has 4 aliphatic rings. The molecule has 12 rings (SSSR count). The molecule has 1 amide bonds. The molecule has 0 saturated heterocycles. The molecule has 4 fully saturated rings. The van der Waals surface area contributed by atoms with E-state index >= 15 is 0 Å². The van der Waals surface area contributed by atoms with Crippen LogP contribution in [0.1, 0.15) is 103 Å². The summed E-state index contributed by atoms with van der Waals surface area (Å²) in [5.74, 6) is 3.31. The van der Waals surface area contributed by atoms with Crippen LogP contribution in [0.25, 0.3) is 44.1 Å². The number of hydrogen-bond acceptors (Lipinski definition) is 18. The van der Waals surface area contributed by atoms with Crippen molar-refractivity contribution in [1.82, 2.24) is 35.2 Å². The number of ether oxygens (including phenoxy) is 3. The Bertz CT molecular complexity index is 3850. The van der Waals surface area contributed by atoms with Crippen molar-refractivity contribution < 1.29 is 35.8 Å². The van der Waals surface area contributed by atoms with Crippen LogP contribution in [0.2, 0.25) is 0 Å². The fourth-order valence-corrected chi connectivity index (χ4v) is 13.2. The van der Waals surface area contributed by atoms with Crippen LogP contribution in [0.15, 0.2) is 134 Å². The van der Waals surface area contributed by atoms with Crippen LogP contribution < -0.4 is 36.9 Å². The molecular formula is C62H70ClN11O8S2. The van der Waals surface area contributed by atoms with Gasteiger partial charge in [-0.3, -0.25) is 0 Å². The van der Waals surface area contributed by atoms with E-state index in [1.807, 2.05) is 130 Å². The second-order valence-electron chi connectivity index (χ2n) is 22.7. The number of rotatable bonds is 15. The molecular weight excluding hydrogens is 1130 g/mol. The maximum atomic E-state index is 12.7. The highest BCUT2D eigenvalue weighted by molar-refractivity contribution is 8.14. The number of hydrogen-bond donors (Lipinski definition) is 5. The van der Waals surface area contributed by atoms with Crippen molar-refractivity contribution in [2.24, 2.45) is 5.73 Å². The van der Waals surface area contributed by atoms with Gasteiger partial charge in [0.25, 0.3) is 0 Å². The SMILES string of the molecule is CC(C)(C)OC(=O)NC1CCC(Nc2nccc(-c3cccnc3Oc3ccc(N)c4ccccc34)n2)CC1.NC1CCC(Nc2nccc(-c3cccnc3Oc3ccc(CS(=O)(=O)C4CC4)c4ccccc34)n2)CC1.O=S(=O)(Cl)C1CC1. The van der Waals surface area contributed by atoms with Crippen molar-refractivity contribution >= 4 is 74.8 Å². The van der Waals surface area contributed by atoms with Gasteiger partial charge in [-0.15, -0.1) is 0 Å². The Morgan fingerprint density at radius 1 is 0.560 bits per heavy atom. The Balaban J connectivity index is 0.000000168. The lowest BCUT2D eigenvalue weighted by atomic mass is 9.91. The zero-order chi connectivity index (χ0) is 59.0. The highest BCUT2D eigenvalue weighted by Crippen LogP contribution is 2.40. The van der Waals surface area contributed by atoms with Gasteiger partial charge in [-0.1, -0.05) is 54.6 Å². The van der Waals surface area contributed by atoms with Crippen molar-refractivity contribution in [3.63, 3.8) is 0 Å². The predicted molar refractivity (Wildman–Crippen MR) is 329 cm³/mol. The van der Waals surface area contributed by atoms with Crippen molar-refractivity contribution in [2.75, 3.05) is 16.4 Å². The highest BCUT2D eigenvalue weighted by atomic mass is 35.7. The first-order valence-electron chi connectivity index (χ1n) is 28.5. The number of pyridine rings is 2. The van der Waals surface area contributed by atoms with E-state index < -0.39 is 24.5 Å². The van der Waals surface area contributed by atoms with Crippen molar-refractivity contribution in [3.8, 4) is 45.8 Å². The molecule has 0 radical (unpaired) electrons. The number of alkyl carbamates (subject to hydrolysis) is 1. The second-order valence-corrected chi connectivity index (χ2v) is 27.9. The first kappa shape index (κ1) is 59.4. The second kappa shape index (κ2) is 26.0. The van der Waals surface area contributed by atoms with E-state index in [9.17, 15) is 21.6 Å². The van der Waals surface area contributed by atoms with Crippen molar-refractivity contribution in [3.05, 3.63) is 140 Å². The summed E-state index contributed by atoms with van der Waals surface area (Å²) in [7, 11) is -1.40. The summed E-state index contributed by atoms with van der Waals surface area (Å²) >= 11 is 0. The minimum atomic E-state index is -3.16. The molecule has 440 valence electrons. The number of carbonyl (C=O) groups is 1. The van der Waals surface area contributed by atoms with Gasteiger partial charge in [-0.05, 0) is 163 Å². The zero-order valence-corrected chi connectivity index (χ0v) is 49.5. The molecule has 4 heterocycles. The van der Waals surface area contributed by atoms with Gasteiger partial charge in [0.15, 0.2) is 9.84 Å². The predicted octanol–water partition coefficient (Wildman–Crippen LogP) is 12.3. The number of amides is 1. The van der Waals surface area contributed by atoms with Gasteiger partial charge in [-0.2, -0.15) is 0 Å². The average molecular weight is 1200 g/mol. The molecule has 0 atom stereocenters. The van der Waals surface area contributed by atoms with Gasteiger partial charge in [0.2, 0.25) is 32.7 Å². The summed E-state index contributed by atoms with van der Waals surface area (Å²) in [5, 5.41) is 13.0. The third-order valence-corrected chi connectivity index (χ3v) is 19.1. The first-order chi connectivity index (χ1) is 40.3. The van der Waals surface area contributed by atoms with E-state index in [-0.39, 0.29) is 40.5 Å². The summed E-state index contributed by atoms with van der Waals surface area (Å²) in [4.78, 5) is 39.5. The maximum Gasteiger partial charge on any atom is 0.407 e. The topological polar surface area (TPSA) is 279 Å². The van der Waals surface area contributed by atoms with Gasteiger partial charge >= 0.3 is 6.09 Å². The number of nitrogens with one attached hydrogen (secondary N) is 3. The lowest BCUT2D eigenvalue weighted by Gasteiger charge is -2.30. The third-order valence-electron chi connectivity index (χ3n) is 14.9. The first-order valence-corrected chi connectivity index (χ1v) is 32.5. The molecule has 22 heteroatoms. The molecule has 0 bridgehead atoms. The quantitative estimate of drug-likeness (QED) is 0.0471. The van der Waals surface area contributed by atoms with Crippen LogP contribution in [-0.4, -0.2) is 93.1 Å². The Kier molecular flexibility index (Phi) is 18.4. The molecule has 4 saturated carbocycles. The molecule has 0 aliphatic heterocycles. The van der Waals surface area contributed by atoms with E-state index in [2.05, 4.69) is 35.9 Å². The lowest BCUT2D eigenvalue weighted by molar-refractivity contribution is 0.0492. The van der Waals surface area contributed by atoms with Crippen LogP contribution in [0, 0.1) is 0 Å². The summed E-state index contributed by atoms with van der Waals surface area (Å²) in [6.45, 7) is 5.59. The Morgan fingerprint density at radius 3 is 1.54 bits per heavy atom. The number of sulfone groups is 1. The van der Waals surface area contributed by atoms with E-state index in [0.29, 0.717) is 58.3 Å². The van der Waals surface area contributed by atoms with Crippen LogP contribution >= 0.6 is 10.7 Å². The number of fused-ring (bicyclic) bond motifs is 2. The average Bonchev–Trinajstić information content (AvgIpc) is 4.20. The summed E-state index contributed by atoms with van der Waals surface area (Å²) < 4.78 is 63.7. The fraction of sp³-hybridized carbons (Fsp3) is 0.371. The van der Waals surface area contributed by atoms with Gasteiger partial charge in [0.1, 0.15) is 17.1 Å². The smallest absolute Gasteiger partial charge is 0.407 e. The van der Waals surface area contributed by atoms with Gasteiger partial charge in [0.05, 0.1) is 38.8 Å². The van der Waals surface area contributed by atoms with Crippen molar-refractivity contribution in [1.29, 1.82) is 0 Å². The number of benzene rings is 4. The molecule has 0 unspecified atom stereocenters. The number of carbonyl (C=O) groups excluding carboxylic acids is 1.